The average molecular weight is 217 g/mol. The van der Waals surface area contributed by atoms with Gasteiger partial charge in [-0.3, -0.25) is 4.79 Å². The summed E-state index contributed by atoms with van der Waals surface area (Å²) < 4.78 is 0. The fraction of sp³-hybridized carbons (Fsp3) is 0.300. The second kappa shape index (κ2) is 4.12. The zero-order valence-electron chi connectivity index (χ0n) is 7.47. The summed E-state index contributed by atoms with van der Waals surface area (Å²) in [6.07, 6.45) is 0. The van der Waals surface area contributed by atoms with E-state index in [1.807, 2.05) is 26.0 Å². The van der Waals surface area contributed by atoms with Crippen LogP contribution >= 0.6 is 23.2 Å². The maximum absolute atomic E-state index is 11.1. The molecule has 0 amide bonds. The molecule has 1 aromatic carbocycles. The van der Waals surface area contributed by atoms with Gasteiger partial charge in [0.25, 0.3) is 5.24 Å². The summed E-state index contributed by atoms with van der Waals surface area (Å²) >= 11 is 11.3. The summed E-state index contributed by atoms with van der Waals surface area (Å²) in [5, 5.41) is -0.0690. The molecule has 0 aliphatic carbocycles. The van der Waals surface area contributed by atoms with Crippen molar-refractivity contribution in [3.8, 4) is 0 Å². The minimum Gasteiger partial charge on any atom is -0.276 e. The fourth-order valence-electron chi connectivity index (χ4n) is 1.23. The highest BCUT2D eigenvalue weighted by Gasteiger charge is 2.14. The summed E-state index contributed by atoms with van der Waals surface area (Å²) in [4.78, 5) is 11.1. The Labute approximate surface area is 87.7 Å². The van der Waals surface area contributed by atoms with Crippen LogP contribution in [0.5, 0.6) is 0 Å². The molecular weight excluding hydrogens is 207 g/mol. The predicted molar refractivity (Wildman–Crippen MR) is 55.7 cm³/mol. The van der Waals surface area contributed by atoms with Crippen molar-refractivity contribution in [3.63, 3.8) is 0 Å². The van der Waals surface area contributed by atoms with Gasteiger partial charge in [-0.15, -0.1) is 0 Å². The van der Waals surface area contributed by atoms with E-state index in [2.05, 4.69) is 0 Å². The van der Waals surface area contributed by atoms with Crippen LogP contribution in [0.25, 0.3) is 0 Å². The zero-order chi connectivity index (χ0) is 10.0. The van der Waals surface area contributed by atoms with Crippen LogP contribution in [0, 0.1) is 0 Å². The molecule has 0 radical (unpaired) electrons. The van der Waals surface area contributed by atoms with Crippen LogP contribution in [0.4, 0.5) is 0 Å². The van der Waals surface area contributed by atoms with Crippen molar-refractivity contribution in [2.45, 2.75) is 19.8 Å². The van der Waals surface area contributed by atoms with Gasteiger partial charge in [-0.1, -0.05) is 37.6 Å². The normalized spacial score (nSPS) is 10.5. The van der Waals surface area contributed by atoms with Crippen LogP contribution < -0.4 is 0 Å². The topological polar surface area (TPSA) is 17.1 Å². The number of carbonyl (C=O) groups excluding carboxylic acids is 1. The molecule has 0 aromatic heterocycles. The molecule has 13 heavy (non-hydrogen) atoms. The molecule has 0 fully saturated rings. The summed E-state index contributed by atoms with van der Waals surface area (Å²) in [5.74, 6) is 0.247. The number of hydrogen-bond donors (Lipinski definition) is 0. The minimum absolute atomic E-state index is 0.247. The summed E-state index contributed by atoms with van der Waals surface area (Å²) in [7, 11) is 0. The quantitative estimate of drug-likeness (QED) is 0.687. The van der Waals surface area contributed by atoms with E-state index in [-0.39, 0.29) is 5.92 Å². The highest BCUT2D eigenvalue weighted by atomic mass is 35.5. The molecule has 0 spiro atoms. The van der Waals surface area contributed by atoms with E-state index in [1.54, 1.807) is 6.07 Å². The van der Waals surface area contributed by atoms with Gasteiger partial charge in [0, 0.05) is 0 Å². The van der Waals surface area contributed by atoms with E-state index in [0.29, 0.717) is 10.6 Å². The first-order valence-electron chi connectivity index (χ1n) is 4.02. The molecule has 1 rings (SSSR count). The number of halogens is 2. The van der Waals surface area contributed by atoms with Gasteiger partial charge in [0.1, 0.15) is 0 Å². The first kappa shape index (κ1) is 10.6. The van der Waals surface area contributed by atoms with Crippen LogP contribution in [0.1, 0.15) is 35.7 Å². The molecule has 0 atom stereocenters. The molecule has 0 aliphatic heterocycles. The van der Waals surface area contributed by atoms with Crippen molar-refractivity contribution in [2.24, 2.45) is 0 Å². The van der Waals surface area contributed by atoms with Gasteiger partial charge in [0.2, 0.25) is 0 Å². The lowest BCUT2D eigenvalue weighted by Crippen LogP contribution is -2.00. The number of carbonyl (C=O) groups is 1. The largest absolute Gasteiger partial charge is 0.276 e. The molecule has 3 heteroatoms. The molecule has 0 saturated heterocycles. The number of hydrogen-bond acceptors (Lipinski definition) is 1. The third-order valence-corrected chi connectivity index (χ3v) is 2.37. The highest BCUT2D eigenvalue weighted by molar-refractivity contribution is 6.69. The Kier molecular flexibility index (Phi) is 3.34. The fourth-order valence-corrected chi connectivity index (χ4v) is 1.76. The Morgan fingerprint density at radius 2 is 2.00 bits per heavy atom. The number of rotatable bonds is 2. The van der Waals surface area contributed by atoms with E-state index < -0.39 is 5.24 Å². The van der Waals surface area contributed by atoms with E-state index >= 15 is 0 Å². The maximum atomic E-state index is 11.1. The molecule has 0 saturated carbocycles. The third kappa shape index (κ3) is 2.23. The predicted octanol–water partition coefficient (Wildman–Crippen LogP) is 3.84. The average Bonchev–Trinajstić information content (AvgIpc) is 2.02. The zero-order valence-corrected chi connectivity index (χ0v) is 8.99. The smallest absolute Gasteiger partial charge is 0.254 e. The van der Waals surface area contributed by atoms with Crippen molar-refractivity contribution in [1.29, 1.82) is 0 Å². The van der Waals surface area contributed by atoms with E-state index in [1.165, 1.54) is 0 Å². The lowest BCUT2D eigenvalue weighted by atomic mass is 9.98. The molecule has 0 unspecified atom stereocenters. The Bertz CT molecular complexity index is 332. The standard InChI is InChI=1S/C10H10Cl2O/c1-6(2)7-4-3-5-8(11)9(7)10(12)13/h3-6H,1-2H3. The van der Waals surface area contributed by atoms with Crippen molar-refractivity contribution < 1.29 is 4.79 Å². The minimum atomic E-state index is -0.491. The lowest BCUT2D eigenvalue weighted by molar-refractivity contribution is 0.108. The van der Waals surface area contributed by atoms with Crippen LogP contribution in [-0.2, 0) is 0 Å². The van der Waals surface area contributed by atoms with Gasteiger partial charge < -0.3 is 0 Å². The lowest BCUT2D eigenvalue weighted by Gasteiger charge is -2.10. The summed E-state index contributed by atoms with van der Waals surface area (Å²) in [5.41, 5.74) is 1.33. The highest BCUT2D eigenvalue weighted by Crippen LogP contribution is 2.27. The Balaban J connectivity index is 3.34. The second-order valence-electron chi connectivity index (χ2n) is 3.13. The third-order valence-electron chi connectivity index (χ3n) is 1.86. The molecule has 1 aromatic rings. The van der Waals surface area contributed by atoms with Crippen LogP contribution in [0.15, 0.2) is 18.2 Å². The molecule has 1 nitrogen and oxygen atoms in total. The van der Waals surface area contributed by atoms with Crippen molar-refractivity contribution in [3.05, 3.63) is 34.3 Å². The second-order valence-corrected chi connectivity index (χ2v) is 3.88. The SMILES string of the molecule is CC(C)c1cccc(Cl)c1C(=O)Cl. The Hall–Kier alpha value is -0.530. The summed E-state index contributed by atoms with van der Waals surface area (Å²) in [6, 6.07) is 5.36. The first-order chi connectivity index (χ1) is 6.04. The monoisotopic (exact) mass is 216 g/mol. The van der Waals surface area contributed by atoms with Gasteiger partial charge >= 0.3 is 0 Å². The van der Waals surface area contributed by atoms with E-state index in [9.17, 15) is 4.79 Å². The van der Waals surface area contributed by atoms with E-state index in [0.717, 1.165) is 5.56 Å². The summed E-state index contributed by atoms with van der Waals surface area (Å²) in [6.45, 7) is 3.99. The molecule has 0 N–H and O–H groups in total. The molecule has 0 heterocycles. The van der Waals surface area contributed by atoms with Gasteiger partial charge in [0.15, 0.2) is 0 Å². The van der Waals surface area contributed by atoms with Crippen molar-refractivity contribution in [2.75, 3.05) is 0 Å². The van der Waals surface area contributed by atoms with E-state index in [4.69, 9.17) is 23.2 Å². The van der Waals surface area contributed by atoms with Crippen LogP contribution in [0.3, 0.4) is 0 Å². The van der Waals surface area contributed by atoms with Crippen LogP contribution in [-0.4, -0.2) is 5.24 Å². The first-order valence-corrected chi connectivity index (χ1v) is 4.78. The number of benzene rings is 1. The Morgan fingerprint density at radius 3 is 2.38 bits per heavy atom. The maximum Gasteiger partial charge on any atom is 0.254 e. The van der Waals surface area contributed by atoms with Crippen molar-refractivity contribution in [1.82, 2.24) is 0 Å². The van der Waals surface area contributed by atoms with Gasteiger partial charge in [-0.25, -0.2) is 0 Å². The molecular formula is C10H10Cl2O. The molecule has 0 aliphatic rings. The van der Waals surface area contributed by atoms with Crippen molar-refractivity contribution >= 4 is 28.4 Å². The van der Waals surface area contributed by atoms with Gasteiger partial charge in [0.05, 0.1) is 10.6 Å². The molecule has 70 valence electrons. The Morgan fingerprint density at radius 1 is 1.38 bits per heavy atom. The van der Waals surface area contributed by atoms with Gasteiger partial charge in [-0.05, 0) is 29.1 Å². The molecule has 0 bridgehead atoms. The van der Waals surface area contributed by atoms with Crippen LogP contribution in [0.2, 0.25) is 5.02 Å². The van der Waals surface area contributed by atoms with Gasteiger partial charge in [-0.2, -0.15) is 0 Å².